The van der Waals surface area contributed by atoms with Crippen molar-refractivity contribution in [2.75, 3.05) is 13.6 Å². The van der Waals surface area contributed by atoms with E-state index in [1.165, 1.54) is 29.7 Å². The Morgan fingerprint density at radius 1 is 0.875 bits per heavy atom. The van der Waals surface area contributed by atoms with Crippen molar-refractivity contribution in [3.05, 3.63) is 108 Å². The zero-order chi connectivity index (χ0) is 21.9. The van der Waals surface area contributed by atoms with Crippen LogP contribution in [0, 0.1) is 0 Å². The van der Waals surface area contributed by atoms with E-state index in [0.717, 1.165) is 24.0 Å². The number of fused-ring (bicyclic) bond motifs is 2. The first-order valence-corrected chi connectivity index (χ1v) is 11.6. The molecular formula is C29H30N2O. The van der Waals surface area contributed by atoms with Crippen LogP contribution in [0.1, 0.15) is 35.2 Å². The Kier molecular flexibility index (Phi) is 5.91. The Morgan fingerprint density at radius 2 is 1.53 bits per heavy atom. The van der Waals surface area contributed by atoms with Crippen LogP contribution in [0.15, 0.2) is 96.7 Å². The van der Waals surface area contributed by atoms with Crippen LogP contribution in [0.25, 0.3) is 11.1 Å². The molecule has 32 heavy (non-hydrogen) atoms. The third-order valence-corrected chi connectivity index (χ3v) is 7.02. The number of hydrogen-bond acceptors (Lipinski definition) is 2. The fourth-order valence-corrected chi connectivity index (χ4v) is 5.07. The van der Waals surface area contributed by atoms with E-state index in [9.17, 15) is 4.79 Å². The molecule has 2 bridgehead atoms. The second kappa shape index (κ2) is 9.13. The number of benzene rings is 3. The molecule has 0 aliphatic carbocycles. The molecule has 2 aliphatic rings. The molecular weight excluding hydrogens is 392 g/mol. The summed E-state index contributed by atoms with van der Waals surface area (Å²) in [6.07, 6.45) is 6.56. The molecule has 0 saturated carbocycles. The minimum absolute atomic E-state index is 0.107. The molecule has 0 N–H and O–H groups in total. The second-order valence-corrected chi connectivity index (χ2v) is 8.96. The van der Waals surface area contributed by atoms with Crippen molar-refractivity contribution in [3.63, 3.8) is 0 Å². The van der Waals surface area contributed by atoms with E-state index in [0.29, 0.717) is 18.6 Å². The van der Waals surface area contributed by atoms with Gasteiger partial charge in [-0.3, -0.25) is 9.69 Å². The van der Waals surface area contributed by atoms with Crippen molar-refractivity contribution in [2.45, 2.75) is 37.8 Å². The quantitative estimate of drug-likeness (QED) is 0.502. The summed E-state index contributed by atoms with van der Waals surface area (Å²) in [6.45, 7) is 0.707. The van der Waals surface area contributed by atoms with Crippen LogP contribution in [0.3, 0.4) is 0 Å². The molecule has 2 atom stereocenters. The molecule has 162 valence electrons. The molecule has 0 radical (unpaired) electrons. The molecule has 3 aromatic rings. The number of hydrogen-bond donors (Lipinski definition) is 0. The Balaban J connectivity index is 1.40. The lowest BCUT2D eigenvalue weighted by molar-refractivity contribution is 0.0787. The lowest BCUT2D eigenvalue weighted by Gasteiger charge is -2.35. The number of likely N-dealkylation sites (N-methyl/N-ethyl adjacent to an activating group) is 1. The molecule has 0 unspecified atom stereocenters. The fourth-order valence-electron chi connectivity index (χ4n) is 5.07. The SMILES string of the molecule is CN1[C@@H]2CC[C@H]1C=C(N(CCc1ccccc1)C(=O)c1ccc(-c3ccccc3)cc1)C2. The maximum atomic E-state index is 13.7. The van der Waals surface area contributed by atoms with Gasteiger partial charge in [0.25, 0.3) is 5.91 Å². The maximum Gasteiger partial charge on any atom is 0.258 e. The normalized spacial score (nSPS) is 20.1. The maximum absolute atomic E-state index is 13.7. The summed E-state index contributed by atoms with van der Waals surface area (Å²) < 4.78 is 0. The summed E-state index contributed by atoms with van der Waals surface area (Å²) in [7, 11) is 2.22. The highest BCUT2D eigenvalue weighted by molar-refractivity contribution is 5.96. The highest BCUT2D eigenvalue weighted by Gasteiger charge is 2.36. The van der Waals surface area contributed by atoms with Crippen molar-refractivity contribution >= 4 is 5.91 Å². The predicted molar refractivity (Wildman–Crippen MR) is 130 cm³/mol. The minimum atomic E-state index is 0.107. The zero-order valence-corrected chi connectivity index (χ0v) is 18.7. The van der Waals surface area contributed by atoms with Gasteiger partial charge in [-0.15, -0.1) is 0 Å². The molecule has 3 heteroatoms. The highest BCUT2D eigenvalue weighted by Crippen LogP contribution is 2.35. The standard InChI is InChI=1S/C29H30N2O/c1-30-26-16-17-27(30)21-28(20-26)31(19-18-22-8-4-2-5-9-22)29(32)25-14-12-24(13-15-25)23-10-6-3-7-11-23/h2-15,20,26-27H,16-19,21H2,1H3/t26-,27+/m0/s1. The van der Waals surface area contributed by atoms with Gasteiger partial charge < -0.3 is 4.90 Å². The van der Waals surface area contributed by atoms with Crippen molar-refractivity contribution < 1.29 is 4.79 Å². The molecule has 5 rings (SSSR count). The number of rotatable bonds is 6. The summed E-state index contributed by atoms with van der Waals surface area (Å²) >= 11 is 0. The zero-order valence-electron chi connectivity index (χ0n) is 18.7. The van der Waals surface area contributed by atoms with Gasteiger partial charge in [0.2, 0.25) is 0 Å². The van der Waals surface area contributed by atoms with Gasteiger partial charge in [0.05, 0.1) is 0 Å². The van der Waals surface area contributed by atoms with Gasteiger partial charge in [-0.25, -0.2) is 0 Å². The van der Waals surface area contributed by atoms with Gasteiger partial charge in [-0.1, -0.05) is 72.8 Å². The topological polar surface area (TPSA) is 23.6 Å². The number of carbonyl (C=O) groups excluding carboxylic acids is 1. The van der Waals surface area contributed by atoms with Crippen LogP contribution in [0.5, 0.6) is 0 Å². The second-order valence-electron chi connectivity index (χ2n) is 8.96. The monoisotopic (exact) mass is 422 g/mol. The van der Waals surface area contributed by atoms with Gasteiger partial charge in [-0.2, -0.15) is 0 Å². The average molecular weight is 423 g/mol. The Labute approximate surface area is 191 Å². The molecule has 0 aromatic heterocycles. The number of carbonyl (C=O) groups is 1. The van der Waals surface area contributed by atoms with Crippen molar-refractivity contribution in [3.8, 4) is 11.1 Å². The Morgan fingerprint density at radius 3 is 2.22 bits per heavy atom. The summed E-state index contributed by atoms with van der Waals surface area (Å²) in [5.41, 5.74) is 5.52. The molecule has 1 saturated heterocycles. The molecule has 0 spiro atoms. The molecule has 2 heterocycles. The van der Waals surface area contributed by atoms with Gasteiger partial charge in [0.1, 0.15) is 0 Å². The van der Waals surface area contributed by atoms with Crippen LogP contribution in [-0.2, 0) is 6.42 Å². The Bertz CT molecular complexity index is 1090. The van der Waals surface area contributed by atoms with Crippen LogP contribution in [-0.4, -0.2) is 41.4 Å². The third kappa shape index (κ3) is 4.26. The molecule has 1 fully saturated rings. The van der Waals surface area contributed by atoms with Crippen molar-refractivity contribution in [1.82, 2.24) is 9.80 Å². The van der Waals surface area contributed by atoms with Crippen LogP contribution in [0.2, 0.25) is 0 Å². The van der Waals surface area contributed by atoms with E-state index >= 15 is 0 Å². The summed E-state index contributed by atoms with van der Waals surface area (Å²) in [6, 6.07) is 29.8. The lowest BCUT2D eigenvalue weighted by atomic mass is 10.0. The van der Waals surface area contributed by atoms with E-state index in [2.05, 4.69) is 66.6 Å². The third-order valence-electron chi connectivity index (χ3n) is 7.02. The van der Waals surface area contributed by atoms with Gasteiger partial charge in [-0.05, 0) is 61.2 Å². The van der Waals surface area contributed by atoms with Crippen molar-refractivity contribution in [1.29, 1.82) is 0 Å². The van der Waals surface area contributed by atoms with Crippen LogP contribution < -0.4 is 0 Å². The lowest BCUT2D eigenvalue weighted by Crippen LogP contribution is -2.41. The van der Waals surface area contributed by atoms with Crippen molar-refractivity contribution in [2.24, 2.45) is 0 Å². The molecule has 3 nitrogen and oxygen atoms in total. The smallest absolute Gasteiger partial charge is 0.258 e. The summed E-state index contributed by atoms with van der Waals surface area (Å²) in [5, 5.41) is 0. The average Bonchev–Trinajstić information content (AvgIpc) is 3.05. The van der Waals surface area contributed by atoms with Gasteiger partial charge in [0, 0.05) is 36.3 Å². The predicted octanol–water partition coefficient (Wildman–Crippen LogP) is 5.79. The summed E-state index contributed by atoms with van der Waals surface area (Å²) in [4.78, 5) is 18.2. The molecule has 2 aliphatic heterocycles. The van der Waals surface area contributed by atoms with E-state index < -0.39 is 0 Å². The number of nitrogens with zero attached hydrogens (tertiary/aromatic N) is 2. The number of amides is 1. The minimum Gasteiger partial charge on any atom is -0.312 e. The Hall–Kier alpha value is -3.17. The first-order chi connectivity index (χ1) is 15.7. The van der Waals surface area contributed by atoms with E-state index in [1.807, 2.05) is 41.3 Å². The van der Waals surface area contributed by atoms with E-state index in [4.69, 9.17) is 0 Å². The largest absolute Gasteiger partial charge is 0.312 e. The first kappa shape index (κ1) is 20.7. The van der Waals surface area contributed by atoms with E-state index in [1.54, 1.807) is 0 Å². The van der Waals surface area contributed by atoms with Crippen LogP contribution >= 0.6 is 0 Å². The molecule has 1 amide bonds. The first-order valence-electron chi connectivity index (χ1n) is 11.6. The molecule has 3 aromatic carbocycles. The van der Waals surface area contributed by atoms with Gasteiger partial charge in [0.15, 0.2) is 0 Å². The van der Waals surface area contributed by atoms with Gasteiger partial charge >= 0.3 is 0 Å². The fraction of sp³-hybridized carbons (Fsp3) is 0.276. The van der Waals surface area contributed by atoms with Crippen LogP contribution in [0.4, 0.5) is 0 Å². The highest BCUT2D eigenvalue weighted by atomic mass is 16.2. The van der Waals surface area contributed by atoms with E-state index in [-0.39, 0.29) is 5.91 Å². The summed E-state index contributed by atoms with van der Waals surface area (Å²) in [5.74, 6) is 0.107.